The summed E-state index contributed by atoms with van der Waals surface area (Å²) in [5.41, 5.74) is 9.84. The number of aliphatic hydroxyl groups excluding tert-OH is 2. The molecule has 5 N–H and O–H groups in total. The van der Waals surface area contributed by atoms with Crippen LogP contribution in [0.25, 0.3) is 11.3 Å². The maximum atomic E-state index is 14.4. The molecule has 10 nitrogen and oxygen atoms in total. The lowest BCUT2D eigenvalue weighted by Crippen LogP contribution is -2.38. The number of aryl methyl sites for hydroxylation is 1. The Kier molecular flexibility index (Phi) is 6.42. The summed E-state index contributed by atoms with van der Waals surface area (Å²) >= 11 is 0. The third kappa shape index (κ3) is 4.67. The average molecular weight is 495 g/mol. The molecular weight excluding hydrogens is 467 g/mol. The van der Waals surface area contributed by atoms with Crippen molar-refractivity contribution in [1.82, 2.24) is 20.3 Å². The number of hydrogen-bond acceptors (Lipinski definition) is 9. The number of rotatable bonds is 5. The molecule has 4 atom stereocenters. The van der Waals surface area contributed by atoms with Gasteiger partial charge in [0.15, 0.2) is 5.84 Å². The van der Waals surface area contributed by atoms with Crippen LogP contribution in [0.5, 0.6) is 5.88 Å². The van der Waals surface area contributed by atoms with Gasteiger partial charge in [0.05, 0.1) is 48.0 Å². The molecule has 11 heteroatoms. The standard InChI is InChI=1S/C25H27FN6O4/c1-12-23-19(31-25(27)28-12)11-18(30-24(23)32-36-14-9-20(33)21(34)10-14)15-7-6-13(26)8-16(15)17-4-3-5-22(29-17)35-2/h3-8,14,18,20-21,33-34H,9-11H2,1-2H3,(H,30,32)(H2,27,28,31)/t14?,18-,20-,21+/m1/s1. The Labute approximate surface area is 207 Å². The highest BCUT2D eigenvalue weighted by Gasteiger charge is 2.34. The Balaban J connectivity index is 1.55. The van der Waals surface area contributed by atoms with E-state index in [4.69, 9.17) is 15.3 Å². The largest absolute Gasteiger partial charge is 0.481 e. The van der Waals surface area contributed by atoms with E-state index in [9.17, 15) is 14.6 Å². The number of nitrogen functional groups attached to an aromatic ring is 1. The van der Waals surface area contributed by atoms with Crippen LogP contribution in [-0.2, 0) is 11.3 Å². The van der Waals surface area contributed by atoms with Gasteiger partial charge < -0.3 is 30.8 Å². The number of amidine groups is 1. The van der Waals surface area contributed by atoms with Gasteiger partial charge in [0.2, 0.25) is 11.8 Å². The summed E-state index contributed by atoms with van der Waals surface area (Å²) in [5.74, 6) is 0.552. The van der Waals surface area contributed by atoms with Crippen molar-refractivity contribution < 1.29 is 24.2 Å². The average Bonchev–Trinajstić information content (AvgIpc) is 3.18. The van der Waals surface area contributed by atoms with Crippen LogP contribution in [0.2, 0.25) is 0 Å². The van der Waals surface area contributed by atoms with Crippen molar-refractivity contribution in [1.29, 1.82) is 0 Å². The Morgan fingerprint density at radius 2 is 1.89 bits per heavy atom. The van der Waals surface area contributed by atoms with Crippen LogP contribution >= 0.6 is 0 Å². The third-order valence-electron chi connectivity index (χ3n) is 6.47. The number of nitrogens with one attached hydrogen (secondary N) is 1. The third-order valence-corrected chi connectivity index (χ3v) is 6.47. The summed E-state index contributed by atoms with van der Waals surface area (Å²) < 4.78 is 19.6. The molecule has 0 spiro atoms. The molecule has 1 fully saturated rings. The second-order valence-electron chi connectivity index (χ2n) is 8.96. The van der Waals surface area contributed by atoms with Crippen molar-refractivity contribution in [3.05, 3.63) is 64.7 Å². The molecule has 0 saturated heterocycles. The zero-order valence-corrected chi connectivity index (χ0v) is 19.8. The first-order valence-corrected chi connectivity index (χ1v) is 11.6. The van der Waals surface area contributed by atoms with E-state index < -0.39 is 24.1 Å². The number of aromatic nitrogens is 3. The number of halogens is 1. The van der Waals surface area contributed by atoms with Crippen LogP contribution < -0.4 is 15.8 Å². The number of methoxy groups -OCH3 is 1. The van der Waals surface area contributed by atoms with Gasteiger partial charge in [-0.15, -0.1) is 0 Å². The Hall–Kier alpha value is -3.83. The molecule has 36 heavy (non-hydrogen) atoms. The van der Waals surface area contributed by atoms with E-state index in [1.165, 1.54) is 19.2 Å². The van der Waals surface area contributed by atoms with Gasteiger partial charge in [0.1, 0.15) is 11.9 Å². The highest BCUT2D eigenvalue weighted by Crippen LogP contribution is 2.34. The molecular formula is C25H27FN6O4. The van der Waals surface area contributed by atoms with Crippen molar-refractivity contribution in [3.63, 3.8) is 0 Å². The SMILES string of the molecule is COc1cccc(-c2cc(F)ccc2[C@H]2Cc3nc(N)nc(C)c3/C(=N/OC3C[C@@H](O)[C@@H](O)C3)N2)n1. The predicted octanol–water partition coefficient (Wildman–Crippen LogP) is 2.03. The molecule has 5 rings (SSSR count). The van der Waals surface area contributed by atoms with Crippen LogP contribution in [-0.4, -0.2) is 56.4 Å². The normalized spacial score (nSPS) is 24.3. The lowest BCUT2D eigenvalue weighted by Gasteiger charge is -2.30. The van der Waals surface area contributed by atoms with Gasteiger partial charge in [-0.3, -0.25) is 0 Å². The summed E-state index contributed by atoms with van der Waals surface area (Å²) in [5, 5.41) is 27.4. The first kappa shape index (κ1) is 23.9. The van der Waals surface area contributed by atoms with Crippen molar-refractivity contribution >= 4 is 11.8 Å². The number of nitrogens with two attached hydrogens (primary N) is 1. The second kappa shape index (κ2) is 9.67. The number of aliphatic hydroxyl groups is 2. The van der Waals surface area contributed by atoms with Gasteiger partial charge in [-0.1, -0.05) is 17.3 Å². The number of oxime groups is 1. The van der Waals surface area contributed by atoms with Crippen LogP contribution in [0.1, 0.15) is 41.4 Å². The van der Waals surface area contributed by atoms with E-state index in [1.54, 1.807) is 31.2 Å². The van der Waals surface area contributed by atoms with Crippen LogP contribution in [0.3, 0.4) is 0 Å². The number of nitrogens with zero attached hydrogens (tertiary/aromatic N) is 4. The number of anilines is 1. The molecule has 1 saturated carbocycles. The number of pyridine rings is 1. The maximum Gasteiger partial charge on any atom is 0.220 e. The van der Waals surface area contributed by atoms with Crippen molar-refractivity contribution in [2.75, 3.05) is 12.8 Å². The van der Waals surface area contributed by atoms with Gasteiger partial charge in [-0.25, -0.2) is 19.3 Å². The zero-order valence-electron chi connectivity index (χ0n) is 19.8. The topological polar surface area (TPSA) is 148 Å². The van der Waals surface area contributed by atoms with Gasteiger partial charge in [-0.2, -0.15) is 0 Å². The van der Waals surface area contributed by atoms with Gasteiger partial charge in [0.25, 0.3) is 0 Å². The minimum absolute atomic E-state index is 0.142. The molecule has 0 radical (unpaired) electrons. The maximum absolute atomic E-state index is 14.4. The summed E-state index contributed by atoms with van der Waals surface area (Å²) in [7, 11) is 1.52. The predicted molar refractivity (Wildman–Crippen MR) is 130 cm³/mol. The molecule has 2 aliphatic rings. The summed E-state index contributed by atoms with van der Waals surface area (Å²) in [4.78, 5) is 18.9. The van der Waals surface area contributed by atoms with Crippen LogP contribution in [0.4, 0.5) is 10.3 Å². The Bertz CT molecular complexity index is 1310. The van der Waals surface area contributed by atoms with E-state index in [-0.39, 0.29) is 24.8 Å². The number of benzene rings is 1. The van der Waals surface area contributed by atoms with Gasteiger partial charge in [-0.05, 0) is 30.7 Å². The lowest BCUT2D eigenvalue weighted by molar-refractivity contribution is 0.0438. The highest BCUT2D eigenvalue weighted by molar-refractivity contribution is 6.01. The van der Waals surface area contributed by atoms with E-state index in [0.717, 1.165) is 5.56 Å². The quantitative estimate of drug-likeness (QED) is 0.391. The Morgan fingerprint density at radius 1 is 1.11 bits per heavy atom. The van der Waals surface area contributed by atoms with E-state index in [1.807, 2.05) is 0 Å². The van der Waals surface area contributed by atoms with Gasteiger partial charge in [0, 0.05) is 30.9 Å². The smallest absolute Gasteiger partial charge is 0.220 e. The molecule has 0 bridgehead atoms. The van der Waals surface area contributed by atoms with E-state index in [2.05, 4.69) is 25.4 Å². The number of ether oxygens (including phenoxy) is 1. The van der Waals surface area contributed by atoms with E-state index in [0.29, 0.717) is 46.3 Å². The number of hydrogen-bond donors (Lipinski definition) is 4. The fourth-order valence-corrected chi connectivity index (χ4v) is 4.75. The first-order valence-electron chi connectivity index (χ1n) is 11.6. The monoisotopic (exact) mass is 494 g/mol. The molecule has 2 aromatic heterocycles. The molecule has 3 aromatic rings. The van der Waals surface area contributed by atoms with Gasteiger partial charge >= 0.3 is 0 Å². The minimum atomic E-state index is -0.850. The molecule has 1 aliphatic heterocycles. The fourth-order valence-electron chi connectivity index (χ4n) is 4.75. The zero-order chi connectivity index (χ0) is 25.4. The first-order chi connectivity index (χ1) is 17.3. The number of fused-ring (bicyclic) bond motifs is 1. The molecule has 0 amide bonds. The van der Waals surface area contributed by atoms with Crippen LogP contribution in [0.15, 0.2) is 41.6 Å². The van der Waals surface area contributed by atoms with Crippen LogP contribution in [0, 0.1) is 12.7 Å². The summed E-state index contributed by atoms with van der Waals surface area (Å²) in [6.07, 6.45) is -1.16. The van der Waals surface area contributed by atoms with Crippen molar-refractivity contribution in [3.8, 4) is 17.1 Å². The summed E-state index contributed by atoms with van der Waals surface area (Å²) in [6, 6.07) is 9.47. The lowest BCUT2D eigenvalue weighted by atomic mass is 9.90. The molecule has 1 unspecified atom stereocenters. The minimum Gasteiger partial charge on any atom is -0.481 e. The Morgan fingerprint density at radius 3 is 2.64 bits per heavy atom. The van der Waals surface area contributed by atoms with Crippen molar-refractivity contribution in [2.45, 2.75) is 50.5 Å². The second-order valence-corrected chi connectivity index (χ2v) is 8.96. The molecule has 1 aromatic carbocycles. The highest BCUT2D eigenvalue weighted by atomic mass is 19.1. The van der Waals surface area contributed by atoms with E-state index >= 15 is 0 Å². The summed E-state index contributed by atoms with van der Waals surface area (Å²) in [6.45, 7) is 1.81. The fraction of sp³-hybridized carbons (Fsp3) is 0.360. The molecule has 188 valence electrons. The molecule has 1 aliphatic carbocycles. The van der Waals surface area contributed by atoms with Crippen molar-refractivity contribution in [2.24, 2.45) is 5.16 Å². The molecule has 3 heterocycles.